The van der Waals surface area contributed by atoms with Crippen LogP contribution in [0.15, 0.2) is 72.8 Å². The first-order chi connectivity index (χ1) is 12.1. The number of carbonyl (C=O) groups excluding carboxylic acids is 1. The van der Waals surface area contributed by atoms with Crippen LogP contribution in [0.5, 0.6) is 0 Å². The first kappa shape index (κ1) is 16.4. The molecule has 0 saturated carbocycles. The van der Waals surface area contributed by atoms with Crippen LogP contribution in [-0.2, 0) is 0 Å². The summed E-state index contributed by atoms with van der Waals surface area (Å²) in [5.74, 6) is -0.0460. The maximum atomic E-state index is 12.6. The van der Waals surface area contributed by atoms with Crippen molar-refractivity contribution in [3.05, 3.63) is 99.6 Å². The van der Waals surface area contributed by atoms with E-state index in [1.165, 1.54) is 6.07 Å². The van der Waals surface area contributed by atoms with Crippen LogP contribution in [0.1, 0.15) is 21.5 Å². The third-order valence-electron chi connectivity index (χ3n) is 3.92. The second kappa shape index (κ2) is 6.97. The average Bonchev–Trinajstić information content (AvgIpc) is 2.62. The van der Waals surface area contributed by atoms with E-state index in [0.717, 1.165) is 5.56 Å². The number of hydrogen-bond acceptors (Lipinski definition) is 4. The lowest BCUT2D eigenvalue weighted by molar-refractivity contribution is -0.383. The zero-order chi connectivity index (χ0) is 17.8. The highest BCUT2D eigenvalue weighted by atomic mass is 16.6. The van der Waals surface area contributed by atoms with Crippen molar-refractivity contribution in [1.29, 1.82) is 0 Å². The van der Waals surface area contributed by atoms with Crippen LogP contribution in [0.4, 0.5) is 17.1 Å². The van der Waals surface area contributed by atoms with Crippen LogP contribution in [0.25, 0.3) is 0 Å². The van der Waals surface area contributed by atoms with E-state index in [1.54, 1.807) is 48.5 Å². The Kier molecular flexibility index (Phi) is 4.57. The number of rotatable bonds is 5. The van der Waals surface area contributed by atoms with Gasteiger partial charge in [0.25, 0.3) is 5.69 Å². The van der Waals surface area contributed by atoms with Gasteiger partial charge in [0, 0.05) is 22.9 Å². The fourth-order valence-corrected chi connectivity index (χ4v) is 2.58. The van der Waals surface area contributed by atoms with Crippen molar-refractivity contribution in [2.45, 2.75) is 6.92 Å². The van der Waals surface area contributed by atoms with Gasteiger partial charge in [0.1, 0.15) is 5.69 Å². The Bertz CT molecular complexity index is 934. The summed E-state index contributed by atoms with van der Waals surface area (Å²) >= 11 is 0. The number of nitro benzene ring substituents is 1. The molecule has 0 radical (unpaired) electrons. The number of nitrogens with zero attached hydrogens (tertiary/aromatic N) is 1. The summed E-state index contributed by atoms with van der Waals surface area (Å²) in [5.41, 5.74) is 3.25. The molecule has 3 rings (SSSR count). The molecule has 25 heavy (non-hydrogen) atoms. The van der Waals surface area contributed by atoms with Crippen molar-refractivity contribution >= 4 is 22.8 Å². The molecule has 0 atom stereocenters. The molecule has 0 unspecified atom stereocenters. The lowest BCUT2D eigenvalue weighted by Gasteiger charge is -2.08. The molecule has 0 bridgehead atoms. The Morgan fingerprint density at radius 3 is 2.24 bits per heavy atom. The van der Waals surface area contributed by atoms with Crippen LogP contribution in [0.3, 0.4) is 0 Å². The topological polar surface area (TPSA) is 72.2 Å². The Labute approximate surface area is 145 Å². The SMILES string of the molecule is Cc1ccccc1C(=O)c1ccc(Nc2ccccc2[N+](=O)[O-])cc1. The van der Waals surface area contributed by atoms with Gasteiger partial charge in [-0.2, -0.15) is 0 Å². The number of carbonyl (C=O) groups is 1. The van der Waals surface area contributed by atoms with Crippen LogP contribution in [0, 0.1) is 17.0 Å². The summed E-state index contributed by atoms with van der Waals surface area (Å²) in [6, 6.07) is 20.8. The van der Waals surface area contributed by atoms with Gasteiger partial charge < -0.3 is 5.32 Å². The molecule has 5 heteroatoms. The molecule has 0 amide bonds. The van der Waals surface area contributed by atoms with Gasteiger partial charge in [-0.15, -0.1) is 0 Å². The monoisotopic (exact) mass is 332 g/mol. The second-order valence-electron chi connectivity index (χ2n) is 5.62. The van der Waals surface area contributed by atoms with Crippen LogP contribution < -0.4 is 5.32 Å². The highest BCUT2D eigenvalue weighted by Crippen LogP contribution is 2.27. The zero-order valence-corrected chi connectivity index (χ0v) is 13.6. The van der Waals surface area contributed by atoms with Gasteiger partial charge in [-0.25, -0.2) is 0 Å². The Balaban J connectivity index is 1.83. The molecule has 0 saturated heterocycles. The van der Waals surface area contributed by atoms with Crippen molar-refractivity contribution in [2.24, 2.45) is 0 Å². The van der Waals surface area contributed by atoms with Gasteiger partial charge in [0.05, 0.1) is 4.92 Å². The first-order valence-corrected chi connectivity index (χ1v) is 7.77. The molecule has 3 aromatic rings. The molecule has 124 valence electrons. The molecular weight excluding hydrogens is 316 g/mol. The van der Waals surface area contributed by atoms with Crippen LogP contribution in [-0.4, -0.2) is 10.7 Å². The number of ketones is 1. The van der Waals surface area contributed by atoms with Crippen molar-refractivity contribution in [3.8, 4) is 0 Å². The molecule has 0 fully saturated rings. The van der Waals surface area contributed by atoms with Gasteiger partial charge in [-0.05, 0) is 42.8 Å². The van der Waals surface area contributed by atoms with Gasteiger partial charge in [0.15, 0.2) is 5.78 Å². The molecular formula is C20H16N2O3. The standard InChI is InChI=1S/C20H16N2O3/c1-14-6-2-3-7-17(14)20(23)15-10-12-16(13-11-15)21-18-8-4-5-9-19(18)22(24)25/h2-13,21H,1H3. The number of nitrogens with one attached hydrogen (secondary N) is 1. The maximum Gasteiger partial charge on any atom is 0.292 e. The number of nitro groups is 1. The molecule has 3 aromatic carbocycles. The van der Waals surface area contributed by atoms with E-state index in [9.17, 15) is 14.9 Å². The van der Waals surface area contributed by atoms with Gasteiger partial charge in [0.2, 0.25) is 0 Å². The Hall–Kier alpha value is -3.47. The minimum Gasteiger partial charge on any atom is -0.350 e. The lowest BCUT2D eigenvalue weighted by atomic mass is 9.99. The number of benzene rings is 3. The summed E-state index contributed by atoms with van der Waals surface area (Å²) in [7, 11) is 0. The second-order valence-corrected chi connectivity index (χ2v) is 5.62. The molecule has 0 aliphatic rings. The van der Waals surface area contributed by atoms with E-state index in [-0.39, 0.29) is 11.5 Å². The summed E-state index contributed by atoms with van der Waals surface area (Å²) in [4.78, 5) is 23.2. The van der Waals surface area contributed by atoms with Crippen molar-refractivity contribution in [3.63, 3.8) is 0 Å². The van der Waals surface area contributed by atoms with Gasteiger partial charge in [-0.1, -0.05) is 36.4 Å². The number of para-hydroxylation sites is 2. The largest absolute Gasteiger partial charge is 0.350 e. The number of anilines is 2. The van der Waals surface area contributed by atoms with E-state index in [2.05, 4.69) is 5.32 Å². The summed E-state index contributed by atoms with van der Waals surface area (Å²) < 4.78 is 0. The summed E-state index contributed by atoms with van der Waals surface area (Å²) in [6.45, 7) is 1.90. The Morgan fingerprint density at radius 1 is 0.920 bits per heavy atom. The van der Waals surface area contributed by atoms with E-state index < -0.39 is 4.92 Å². The predicted octanol–water partition coefficient (Wildman–Crippen LogP) is 4.88. The van der Waals surface area contributed by atoms with Gasteiger partial charge >= 0.3 is 0 Å². The van der Waals surface area contributed by atoms with Gasteiger partial charge in [-0.3, -0.25) is 14.9 Å². The fraction of sp³-hybridized carbons (Fsp3) is 0.0500. The van der Waals surface area contributed by atoms with Crippen molar-refractivity contribution in [1.82, 2.24) is 0 Å². The number of aryl methyl sites for hydroxylation is 1. The van der Waals surface area contributed by atoms with Crippen molar-refractivity contribution < 1.29 is 9.72 Å². The van der Waals surface area contributed by atoms with Crippen LogP contribution in [0.2, 0.25) is 0 Å². The third kappa shape index (κ3) is 3.55. The Morgan fingerprint density at radius 2 is 1.56 bits per heavy atom. The molecule has 0 aliphatic carbocycles. The number of hydrogen-bond donors (Lipinski definition) is 1. The first-order valence-electron chi connectivity index (χ1n) is 7.77. The predicted molar refractivity (Wildman–Crippen MR) is 97.4 cm³/mol. The quantitative estimate of drug-likeness (QED) is 0.411. The highest BCUT2D eigenvalue weighted by molar-refractivity contribution is 6.10. The van der Waals surface area contributed by atoms with E-state index in [1.807, 2.05) is 25.1 Å². The third-order valence-corrected chi connectivity index (χ3v) is 3.92. The molecule has 0 aromatic heterocycles. The lowest BCUT2D eigenvalue weighted by Crippen LogP contribution is -2.03. The van der Waals surface area contributed by atoms with E-state index >= 15 is 0 Å². The molecule has 0 aliphatic heterocycles. The molecule has 5 nitrogen and oxygen atoms in total. The highest BCUT2D eigenvalue weighted by Gasteiger charge is 2.13. The maximum absolute atomic E-state index is 12.6. The van der Waals surface area contributed by atoms with E-state index in [0.29, 0.717) is 22.5 Å². The minimum atomic E-state index is -0.432. The average molecular weight is 332 g/mol. The molecule has 0 spiro atoms. The zero-order valence-electron chi connectivity index (χ0n) is 13.6. The summed E-state index contributed by atoms with van der Waals surface area (Å²) in [6.07, 6.45) is 0. The molecule has 0 heterocycles. The van der Waals surface area contributed by atoms with Crippen molar-refractivity contribution in [2.75, 3.05) is 5.32 Å². The minimum absolute atomic E-state index is 0.00237. The molecule has 1 N–H and O–H groups in total. The van der Waals surface area contributed by atoms with Crippen LogP contribution >= 0.6 is 0 Å². The van der Waals surface area contributed by atoms with E-state index in [4.69, 9.17) is 0 Å². The smallest absolute Gasteiger partial charge is 0.292 e. The fourth-order valence-electron chi connectivity index (χ4n) is 2.58. The summed E-state index contributed by atoms with van der Waals surface area (Å²) in [5, 5.41) is 14.1. The normalized spacial score (nSPS) is 10.3.